The molecule has 0 fully saturated rings. The zero-order valence-electron chi connectivity index (χ0n) is 46.0. The average Bonchev–Trinajstić information content (AvgIpc) is 3.34. The second kappa shape index (κ2) is 57.8. The summed E-state index contributed by atoms with van der Waals surface area (Å²) in [7, 11) is 3.39. The van der Waals surface area contributed by atoms with E-state index in [4.69, 9.17) is 33.2 Å². The monoisotopic (exact) mass is 951 g/mol. The lowest BCUT2D eigenvalue weighted by molar-refractivity contribution is -0.188. The quantitative estimate of drug-likeness (QED) is 0.0342. The Balaban J connectivity index is 4.53. The van der Waals surface area contributed by atoms with E-state index in [0.29, 0.717) is 0 Å². The molecule has 0 aromatic heterocycles. The van der Waals surface area contributed by atoms with Crippen LogP contribution in [0.25, 0.3) is 0 Å². The Morgan fingerprint density at radius 2 is 0.522 bits per heavy atom. The van der Waals surface area contributed by atoms with E-state index in [1.165, 1.54) is 180 Å². The molecule has 0 amide bonds. The van der Waals surface area contributed by atoms with Crippen molar-refractivity contribution in [2.45, 2.75) is 323 Å². The molecular formula is C60H118O7. The van der Waals surface area contributed by atoms with Gasteiger partial charge in [0.25, 0.3) is 0 Å². The van der Waals surface area contributed by atoms with Gasteiger partial charge >= 0.3 is 0 Å². The summed E-state index contributed by atoms with van der Waals surface area (Å²) in [6, 6.07) is 0. The molecular weight excluding hydrogens is 833 g/mol. The fourth-order valence-electron chi connectivity index (χ4n) is 8.64. The Morgan fingerprint density at radius 1 is 0.284 bits per heavy atom. The first kappa shape index (κ1) is 66.2. The first-order chi connectivity index (χ1) is 33.1. The number of ether oxygens (including phenoxy) is 7. The normalized spacial score (nSPS) is 13.1. The van der Waals surface area contributed by atoms with Gasteiger partial charge in [-0.2, -0.15) is 0 Å². The third kappa shape index (κ3) is 51.4. The van der Waals surface area contributed by atoms with Crippen molar-refractivity contribution in [1.29, 1.82) is 0 Å². The highest BCUT2D eigenvalue weighted by atomic mass is 16.8. The van der Waals surface area contributed by atoms with Crippen molar-refractivity contribution in [3.05, 3.63) is 24.3 Å². The maximum absolute atomic E-state index is 6.31. The summed E-state index contributed by atoms with van der Waals surface area (Å²) in [4.78, 5) is 0. The number of allylic oxidation sites excluding steroid dienone is 2. The van der Waals surface area contributed by atoms with Crippen molar-refractivity contribution in [3.8, 4) is 0 Å². The average molecular weight is 952 g/mol. The van der Waals surface area contributed by atoms with Crippen molar-refractivity contribution in [1.82, 2.24) is 0 Å². The van der Waals surface area contributed by atoms with Crippen LogP contribution in [0.3, 0.4) is 0 Å². The van der Waals surface area contributed by atoms with Gasteiger partial charge in [0.05, 0.1) is 0 Å². The molecule has 0 aromatic rings. The number of hydrogen-bond donors (Lipinski definition) is 0. The maximum Gasteiger partial charge on any atom is 0.179 e. The van der Waals surface area contributed by atoms with E-state index in [9.17, 15) is 0 Å². The molecule has 0 saturated carbocycles. The van der Waals surface area contributed by atoms with Gasteiger partial charge in [0.2, 0.25) is 0 Å². The van der Waals surface area contributed by atoms with Gasteiger partial charge in [-0.15, -0.1) is 0 Å². The molecule has 0 aliphatic heterocycles. The Kier molecular flexibility index (Phi) is 57.1. The predicted molar refractivity (Wildman–Crippen MR) is 289 cm³/mol. The number of hydrogen-bond acceptors (Lipinski definition) is 7. The van der Waals surface area contributed by atoms with Crippen LogP contribution in [0.1, 0.15) is 297 Å². The fourth-order valence-corrected chi connectivity index (χ4v) is 8.64. The van der Waals surface area contributed by atoms with Crippen LogP contribution in [0.2, 0.25) is 0 Å². The molecule has 0 aliphatic rings. The molecule has 0 rings (SSSR count). The Labute approximate surface area is 419 Å². The number of unbranched alkanes of at least 4 members (excludes halogenated alkanes) is 34. The second-order valence-corrected chi connectivity index (χ2v) is 19.7. The van der Waals surface area contributed by atoms with E-state index in [1.807, 2.05) is 12.2 Å². The molecule has 2 atom stereocenters. The molecule has 67 heavy (non-hydrogen) atoms. The highest BCUT2D eigenvalue weighted by Crippen LogP contribution is 2.18. The molecule has 0 bridgehead atoms. The zero-order valence-corrected chi connectivity index (χ0v) is 46.0. The largest absolute Gasteiger partial charge is 0.353 e. The first-order valence-electron chi connectivity index (χ1n) is 29.7. The van der Waals surface area contributed by atoms with Crippen LogP contribution >= 0.6 is 0 Å². The highest BCUT2D eigenvalue weighted by molar-refractivity contribution is 4.89. The van der Waals surface area contributed by atoms with Gasteiger partial charge in [-0.25, -0.2) is 0 Å². The summed E-state index contributed by atoms with van der Waals surface area (Å²) in [5.74, 6) is 0. The van der Waals surface area contributed by atoms with E-state index in [2.05, 4.69) is 39.8 Å². The molecule has 0 radical (unpaired) electrons. The smallest absolute Gasteiger partial charge is 0.179 e. The van der Waals surface area contributed by atoms with E-state index in [0.717, 1.165) is 116 Å². The lowest BCUT2D eigenvalue weighted by Crippen LogP contribution is -2.22. The van der Waals surface area contributed by atoms with Crippen molar-refractivity contribution < 1.29 is 33.2 Å². The van der Waals surface area contributed by atoms with Crippen molar-refractivity contribution >= 4 is 0 Å². The highest BCUT2D eigenvalue weighted by Gasteiger charge is 2.13. The van der Waals surface area contributed by atoms with Crippen molar-refractivity contribution in [3.63, 3.8) is 0 Å². The number of rotatable bonds is 58. The fraction of sp³-hybridized carbons (Fsp3) is 0.933. The van der Waals surface area contributed by atoms with Crippen LogP contribution in [0.15, 0.2) is 24.3 Å². The van der Waals surface area contributed by atoms with Crippen LogP contribution < -0.4 is 0 Å². The molecule has 0 aliphatic carbocycles. The summed E-state index contributed by atoms with van der Waals surface area (Å²) >= 11 is 0. The third-order valence-electron chi connectivity index (χ3n) is 13.1. The maximum atomic E-state index is 6.31. The molecule has 7 heteroatoms. The number of methoxy groups -OCH3 is 2. The van der Waals surface area contributed by atoms with Gasteiger partial charge < -0.3 is 33.2 Å². The molecule has 0 N–H and O–H groups in total. The summed E-state index contributed by atoms with van der Waals surface area (Å²) < 4.78 is 42.6. The van der Waals surface area contributed by atoms with Gasteiger partial charge in [0, 0.05) is 40.6 Å². The van der Waals surface area contributed by atoms with Crippen molar-refractivity contribution in [2.75, 3.05) is 40.6 Å². The lowest BCUT2D eigenvalue weighted by atomic mass is 10.1. The topological polar surface area (TPSA) is 64.6 Å². The molecule has 7 nitrogen and oxygen atoms in total. The third-order valence-corrected chi connectivity index (χ3v) is 13.1. The minimum atomic E-state index is -0.443. The molecule has 0 heterocycles. The summed E-state index contributed by atoms with van der Waals surface area (Å²) in [5.41, 5.74) is 0. The molecule has 0 aromatic carbocycles. The van der Waals surface area contributed by atoms with Crippen LogP contribution in [0.4, 0.5) is 0 Å². The predicted octanol–water partition coefficient (Wildman–Crippen LogP) is 19.2. The van der Waals surface area contributed by atoms with Crippen LogP contribution in [-0.4, -0.2) is 65.8 Å². The van der Waals surface area contributed by atoms with E-state index >= 15 is 0 Å². The standard InChI is InChI=1S/C60H118O7/c1-7-11-15-19-23-27-37-45-53-63-59(64-54-46-38-28-24-20-16-12-8-2)51-43-35-31-33-41-49-57(61-5)67-58(62-6)50-42-34-32-36-44-52-60(65-55-47-39-29-25-21-17-13-9-3)66-56-48-40-30-26-22-18-14-10-4/h41-42,49-50,57-60H,7-40,43-48,51-56H2,1-6H3. The van der Waals surface area contributed by atoms with E-state index < -0.39 is 12.6 Å². The van der Waals surface area contributed by atoms with E-state index in [1.54, 1.807) is 14.2 Å². The minimum absolute atomic E-state index is 0.0649. The molecule has 0 spiro atoms. The van der Waals surface area contributed by atoms with Gasteiger partial charge in [0.1, 0.15) is 0 Å². The Hall–Kier alpha value is -0.800. The Morgan fingerprint density at radius 3 is 0.776 bits per heavy atom. The zero-order chi connectivity index (χ0) is 48.6. The molecule has 0 saturated heterocycles. The minimum Gasteiger partial charge on any atom is -0.353 e. The van der Waals surface area contributed by atoms with Crippen molar-refractivity contribution in [2.24, 2.45) is 0 Å². The molecule has 2 unspecified atom stereocenters. The van der Waals surface area contributed by atoms with Crippen LogP contribution in [0, 0.1) is 0 Å². The van der Waals surface area contributed by atoms with Gasteiger partial charge in [0.15, 0.2) is 25.2 Å². The summed E-state index contributed by atoms with van der Waals surface area (Å²) in [6.45, 7) is 12.4. The SMILES string of the molecule is CCCCCCCCCCOC(CCCCCC=CC(OC)OC(C=CCCCCCC(OCCCCCCCCCC)OCCCCCCCCCC)OC)OCCCCCCCCCC. The van der Waals surface area contributed by atoms with Gasteiger partial charge in [-0.1, -0.05) is 232 Å². The first-order valence-corrected chi connectivity index (χ1v) is 29.7. The lowest BCUT2D eigenvalue weighted by Gasteiger charge is -2.19. The van der Waals surface area contributed by atoms with Gasteiger partial charge in [-0.05, 0) is 89.2 Å². The van der Waals surface area contributed by atoms with Crippen LogP contribution in [0.5, 0.6) is 0 Å². The van der Waals surface area contributed by atoms with Crippen LogP contribution in [-0.2, 0) is 33.2 Å². The van der Waals surface area contributed by atoms with E-state index in [-0.39, 0.29) is 12.6 Å². The molecule has 400 valence electrons. The Bertz CT molecular complexity index is 841. The van der Waals surface area contributed by atoms with Gasteiger partial charge in [-0.3, -0.25) is 0 Å². The summed E-state index contributed by atoms with van der Waals surface area (Å²) in [6.07, 6.45) is 60.4. The summed E-state index contributed by atoms with van der Waals surface area (Å²) in [5, 5.41) is 0. The second-order valence-electron chi connectivity index (χ2n) is 19.7.